The monoisotopic (exact) mass is 270 g/mol. The maximum Gasteiger partial charge on any atom is 0.107 e. The van der Waals surface area contributed by atoms with Crippen molar-refractivity contribution in [3.63, 3.8) is 0 Å². The molecule has 0 aliphatic rings. The average molecular weight is 270 g/mol. The van der Waals surface area contributed by atoms with E-state index in [1.807, 2.05) is 24.5 Å². The zero-order chi connectivity index (χ0) is 12.8. The number of thiocarbonyl (C=S) groups is 1. The standard InChI is InChI=1S/C12H18N2OS2/c1-8(7-15-2)14-9-5-4-6-10(17-3)11(9)12(13)16/h4-6,8,14H,7H2,1-3H3,(H2,13,16). The Morgan fingerprint density at radius 3 is 2.82 bits per heavy atom. The van der Waals surface area contributed by atoms with Crippen LogP contribution in [0, 0.1) is 0 Å². The van der Waals surface area contributed by atoms with Crippen molar-refractivity contribution >= 4 is 34.7 Å². The first-order chi connectivity index (χ1) is 8.10. The molecule has 0 amide bonds. The van der Waals surface area contributed by atoms with Crippen LogP contribution in [-0.2, 0) is 4.74 Å². The van der Waals surface area contributed by atoms with Gasteiger partial charge in [0.25, 0.3) is 0 Å². The van der Waals surface area contributed by atoms with E-state index in [-0.39, 0.29) is 6.04 Å². The lowest BCUT2D eigenvalue weighted by atomic mass is 10.1. The number of ether oxygens (including phenoxy) is 1. The zero-order valence-corrected chi connectivity index (χ0v) is 12.0. The van der Waals surface area contributed by atoms with E-state index < -0.39 is 0 Å². The number of hydrogen-bond donors (Lipinski definition) is 2. The summed E-state index contributed by atoms with van der Waals surface area (Å²) in [6.07, 6.45) is 2.01. The molecule has 1 aromatic carbocycles. The van der Waals surface area contributed by atoms with Crippen molar-refractivity contribution in [3.8, 4) is 0 Å². The Kier molecular flexibility index (Phi) is 5.74. The number of nitrogens with one attached hydrogen (secondary N) is 1. The lowest BCUT2D eigenvalue weighted by molar-refractivity contribution is 0.190. The van der Waals surface area contributed by atoms with Crippen molar-refractivity contribution in [1.82, 2.24) is 0 Å². The molecular formula is C12H18N2OS2. The highest BCUT2D eigenvalue weighted by Gasteiger charge is 2.12. The molecule has 0 fully saturated rings. The van der Waals surface area contributed by atoms with Crippen LogP contribution < -0.4 is 11.1 Å². The summed E-state index contributed by atoms with van der Waals surface area (Å²) in [6.45, 7) is 2.69. The molecule has 3 N–H and O–H groups in total. The minimum Gasteiger partial charge on any atom is -0.389 e. The highest BCUT2D eigenvalue weighted by molar-refractivity contribution is 7.98. The Morgan fingerprint density at radius 1 is 1.59 bits per heavy atom. The average Bonchev–Trinajstić information content (AvgIpc) is 2.28. The molecule has 0 saturated heterocycles. The van der Waals surface area contributed by atoms with Gasteiger partial charge in [-0.15, -0.1) is 11.8 Å². The van der Waals surface area contributed by atoms with Crippen LogP contribution in [-0.4, -0.2) is 31.0 Å². The van der Waals surface area contributed by atoms with E-state index in [4.69, 9.17) is 22.7 Å². The maximum absolute atomic E-state index is 5.79. The van der Waals surface area contributed by atoms with Crippen LogP contribution in [0.25, 0.3) is 0 Å². The molecule has 0 bridgehead atoms. The van der Waals surface area contributed by atoms with Crippen LogP contribution in [0.1, 0.15) is 12.5 Å². The van der Waals surface area contributed by atoms with E-state index in [0.717, 1.165) is 16.1 Å². The van der Waals surface area contributed by atoms with Crippen molar-refractivity contribution in [2.75, 3.05) is 25.3 Å². The largest absolute Gasteiger partial charge is 0.389 e. The fourth-order valence-electron chi connectivity index (χ4n) is 1.63. The quantitative estimate of drug-likeness (QED) is 0.614. The Balaban J connectivity index is 3.02. The lowest BCUT2D eigenvalue weighted by Crippen LogP contribution is -2.23. The molecular weight excluding hydrogens is 252 g/mol. The van der Waals surface area contributed by atoms with Crippen LogP contribution >= 0.6 is 24.0 Å². The summed E-state index contributed by atoms with van der Waals surface area (Å²) >= 11 is 6.75. The smallest absolute Gasteiger partial charge is 0.107 e. The number of thioether (sulfide) groups is 1. The summed E-state index contributed by atoms with van der Waals surface area (Å²) in [4.78, 5) is 1.51. The molecule has 0 aromatic heterocycles. The molecule has 3 nitrogen and oxygen atoms in total. The number of anilines is 1. The third-order valence-electron chi connectivity index (χ3n) is 2.31. The number of methoxy groups -OCH3 is 1. The first kappa shape index (κ1) is 14.3. The summed E-state index contributed by atoms with van der Waals surface area (Å²) in [5.74, 6) is 0. The molecule has 0 spiro atoms. The number of benzene rings is 1. The molecule has 0 aliphatic carbocycles. The Morgan fingerprint density at radius 2 is 2.29 bits per heavy atom. The third-order valence-corrected chi connectivity index (χ3v) is 3.30. The van der Waals surface area contributed by atoms with Crippen molar-refractivity contribution in [3.05, 3.63) is 23.8 Å². The molecule has 5 heteroatoms. The van der Waals surface area contributed by atoms with Gasteiger partial charge in [-0.2, -0.15) is 0 Å². The van der Waals surface area contributed by atoms with E-state index in [1.165, 1.54) is 0 Å². The number of rotatable bonds is 6. The van der Waals surface area contributed by atoms with E-state index in [1.54, 1.807) is 18.9 Å². The molecule has 1 atom stereocenters. The van der Waals surface area contributed by atoms with Gasteiger partial charge in [-0.1, -0.05) is 18.3 Å². The first-order valence-corrected chi connectivity index (χ1v) is 6.95. The van der Waals surface area contributed by atoms with E-state index in [2.05, 4.69) is 12.2 Å². The van der Waals surface area contributed by atoms with Crippen LogP contribution in [0.2, 0.25) is 0 Å². The second-order valence-electron chi connectivity index (χ2n) is 3.75. The first-order valence-electron chi connectivity index (χ1n) is 5.32. The number of hydrogen-bond acceptors (Lipinski definition) is 4. The molecule has 1 rings (SSSR count). The lowest BCUT2D eigenvalue weighted by Gasteiger charge is -2.18. The van der Waals surface area contributed by atoms with Gasteiger partial charge >= 0.3 is 0 Å². The second kappa shape index (κ2) is 6.83. The molecule has 0 aliphatic heterocycles. The maximum atomic E-state index is 5.79. The van der Waals surface area contributed by atoms with Crippen molar-refractivity contribution in [2.24, 2.45) is 5.73 Å². The molecule has 0 radical (unpaired) electrons. The minimum atomic E-state index is 0.213. The van der Waals surface area contributed by atoms with Gasteiger partial charge in [-0.25, -0.2) is 0 Å². The highest BCUT2D eigenvalue weighted by atomic mass is 32.2. The SMILES string of the molecule is COCC(C)Nc1cccc(SC)c1C(N)=S. The van der Waals surface area contributed by atoms with Gasteiger partial charge in [-0.3, -0.25) is 0 Å². The Hall–Kier alpha value is -0.780. The highest BCUT2D eigenvalue weighted by Crippen LogP contribution is 2.27. The summed E-state index contributed by atoms with van der Waals surface area (Å²) in [5, 5.41) is 3.36. The van der Waals surface area contributed by atoms with Gasteiger partial charge in [0.1, 0.15) is 4.99 Å². The van der Waals surface area contributed by atoms with Gasteiger partial charge < -0.3 is 15.8 Å². The van der Waals surface area contributed by atoms with Gasteiger partial charge in [0.2, 0.25) is 0 Å². The van der Waals surface area contributed by atoms with E-state index in [0.29, 0.717) is 11.6 Å². The normalized spacial score (nSPS) is 12.2. The predicted octanol–water partition coefficient (Wildman–Crippen LogP) is 2.49. The van der Waals surface area contributed by atoms with Crippen molar-refractivity contribution in [1.29, 1.82) is 0 Å². The van der Waals surface area contributed by atoms with Gasteiger partial charge in [0, 0.05) is 29.3 Å². The van der Waals surface area contributed by atoms with Gasteiger partial charge in [0.05, 0.1) is 6.61 Å². The fourth-order valence-corrected chi connectivity index (χ4v) is 2.56. The topological polar surface area (TPSA) is 47.3 Å². The molecule has 17 heavy (non-hydrogen) atoms. The summed E-state index contributed by atoms with van der Waals surface area (Å²) < 4.78 is 5.10. The van der Waals surface area contributed by atoms with E-state index in [9.17, 15) is 0 Å². The summed E-state index contributed by atoms with van der Waals surface area (Å²) in [5.41, 5.74) is 7.67. The van der Waals surface area contributed by atoms with Gasteiger partial charge in [0.15, 0.2) is 0 Å². The predicted molar refractivity (Wildman–Crippen MR) is 79.1 cm³/mol. The molecule has 0 heterocycles. The molecule has 1 aromatic rings. The van der Waals surface area contributed by atoms with Crippen molar-refractivity contribution < 1.29 is 4.74 Å². The third kappa shape index (κ3) is 3.87. The molecule has 1 unspecified atom stereocenters. The Bertz CT molecular complexity index is 396. The zero-order valence-electron chi connectivity index (χ0n) is 10.3. The summed E-state index contributed by atoms with van der Waals surface area (Å²) in [6, 6.07) is 6.21. The fraction of sp³-hybridized carbons (Fsp3) is 0.417. The minimum absolute atomic E-state index is 0.213. The van der Waals surface area contributed by atoms with Crippen LogP contribution in [0.4, 0.5) is 5.69 Å². The van der Waals surface area contributed by atoms with Crippen molar-refractivity contribution in [2.45, 2.75) is 17.9 Å². The van der Waals surface area contributed by atoms with E-state index >= 15 is 0 Å². The second-order valence-corrected chi connectivity index (χ2v) is 5.04. The number of nitrogens with two attached hydrogens (primary N) is 1. The molecule has 94 valence electrons. The van der Waals surface area contributed by atoms with Crippen LogP contribution in [0.15, 0.2) is 23.1 Å². The Labute approximate surface area is 112 Å². The summed E-state index contributed by atoms with van der Waals surface area (Å²) in [7, 11) is 1.69. The van der Waals surface area contributed by atoms with Crippen LogP contribution in [0.5, 0.6) is 0 Å². The molecule has 0 saturated carbocycles. The van der Waals surface area contributed by atoms with Crippen LogP contribution in [0.3, 0.4) is 0 Å². The van der Waals surface area contributed by atoms with Gasteiger partial charge in [-0.05, 0) is 25.3 Å².